The highest BCUT2D eigenvalue weighted by Gasteiger charge is 2.22. The molecular weight excluding hydrogens is 396 g/mol. The van der Waals surface area contributed by atoms with Gasteiger partial charge < -0.3 is 19.5 Å². The fourth-order valence-corrected chi connectivity index (χ4v) is 2.61. The van der Waals surface area contributed by atoms with E-state index in [2.05, 4.69) is 5.32 Å². The average molecular weight is 412 g/mol. The highest BCUT2D eigenvalue weighted by molar-refractivity contribution is 5.99. The number of rotatable bonds is 7. The molecule has 0 fully saturated rings. The number of carbonyl (C=O) groups excluding carboxylic acids is 3. The number of benzene rings is 2. The van der Waals surface area contributed by atoms with Gasteiger partial charge in [0.2, 0.25) is 12.7 Å². The summed E-state index contributed by atoms with van der Waals surface area (Å²) < 4.78 is 15.2. The van der Waals surface area contributed by atoms with Crippen molar-refractivity contribution in [1.82, 2.24) is 0 Å². The zero-order valence-corrected chi connectivity index (χ0v) is 15.7. The Balaban J connectivity index is 1.61. The van der Waals surface area contributed by atoms with Crippen LogP contribution in [0.3, 0.4) is 0 Å². The molecule has 0 aliphatic carbocycles. The van der Waals surface area contributed by atoms with Crippen LogP contribution in [0.15, 0.2) is 42.5 Å². The maximum atomic E-state index is 12.1. The predicted molar refractivity (Wildman–Crippen MR) is 104 cm³/mol. The van der Waals surface area contributed by atoms with Crippen molar-refractivity contribution in [2.24, 2.45) is 0 Å². The average Bonchev–Trinajstić information content (AvgIpc) is 3.17. The molecule has 1 aliphatic heterocycles. The first-order chi connectivity index (χ1) is 14.3. The smallest absolute Gasteiger partial charge is 0.331 e. The van der Waals surface area contributed by atoms with E-state index in [-0.39, 0.29) is 29.7 Å². The summed E-state index contributed by atoms with van der Waals surface area (Å²) in [6, 6.07) is 8.68. The molecule has 0 atom stereocenters. The van der Waals surface area contributed by atoms with Crippen LogP contribution in [0.4, 0.5) is 11.4 Å². The Morgan fingerprint density at radius 1 is 1.17 bits per heavy atom. The lowest BCUT2D eigenvalue weighted by molar-refractivity contribution is -0.385. The highest BCUT2D eigenvalue weighted by atomic mass is 16.7. The number of nitrogens with one attached hydrogen (secondary N) is 1. The zero-order valence-electron chi connectivity index (χ0n) is 15.7. The molecule has 1 heterocycles. The molecule has 1 N–H and O–H groups in total. The van der Waals surface area contributed by atoms with Crippen LogP contribution < -0.4 is 14.8 Å². The topological polar surface area (TPSA) is 134 Å². The fourth-order valence-electron chi connectivity index (χ4n) is 2.61. The number of anilines is 1. The summed E-state index contributed by atoms with van der Waals surface area (Å²) in [6.45, 7) is 0.811. The molecule has 2 aromatic carbocycles. The third-order valence-electron chi connectivity index (χ3n) is 3.99. The van der Waals surface area contributed by atoms with Gasteiger partial charge in [-0.1, -0.05) is 0 Å². The summed E-state index contributed by atoms with van der Waals surface area (Å²) in [4.78, 5) is 45.6. The maximum Gasteiger partial charge on any atom is 0.331 e. The highest BCUT2D eigenvalue weighted by Crippen LogP contribution is 2.38. The number of ether oxygens (including phenoxy) is 3. The van der Waals surface area contributed by atoms with Crippen LogP contribution >= 0.6 is 0 Å². The molecule has 0 saturated carbocycles. The van der Waals surface area contributed by atoms with Gasteiger partial charge in [0.05, 0.1) is 16.6 Å². The van der Waals surface area contributed by atoms with Gasteiger partial charge in [-0.2, -0.15) is 0 Å². The van der Waals surface area contributed by atoms with E-state index in [1.165, 1.54) is 37.3 Å². The van der Waals surface area contributed by atoms with Crippen molar-refractivity contribution < 1.29 is 33.5 Å². The Kier molecular flexibility index (Phi) is 6.06. The van der Waals surface area contributed by atoms with E-state index in [1.807, 2.05) is 0 Å². The summed E-state index contributed by atoms with van der Waals surface area (Å²) >= 11 is 0. The Bertz CT molecular complexity index is 1040. The van der Waals surface area contributed by atoms with Crippen LogP contribution in [0.1, 0.15) is 22.8 Å². The van der Waals surface area contributed by atoms with E-state index >= 15 is 0 Å². The second kappa shape index (κ2) is 8.86. The number of nitro groups is 1. The van der Waals surface area contributed by atoms with E-state index in [4.69, 9.17) is 14.2 Å². The number of hydrogen-bond acceptors (Lipinski definition) is 8. The summed E-state index contributed by atoms with van der Waals surface area (Å²) in [5.74, 6) is -0.953. The van der Waals surface area contributed by atoms with Gasteiger partial charge >= 0.3 is 5.97 Å². The summed E-state index contributed by atoms with van der Waals surface area (Å²) in [5, 5.41) is 13.8. The van der Waals surface area contributed by atoms with Gasteiger partial charge in [-0.05, 0) is 36.4 Å². The lowest BCUT2D eigenvalue weighted by Gasteiger charge is -2.05. The zero-order chi connectivity index (χ0) is 21.7. The molecule has 30 heavy (non-hydrogen) atoms. The molecule has 0 radical (unpaired) electrons. The van der Waals surface area contributed by atoms with Gasteiger partial charge in [0, 0.05) is 24.3 Å². The van der Waals surface area contributed by atoms with Crippen molar-refractivity contribution in [3.63, 3.8) is 0 Å². The van der Waals surface area contributed by atoms with Gasteiger partial charge in [0.1, 0.15) is 0 Å². The van der Waals surface area contributed by atoms with Crippen LogP contribution in [0, 0.1) is 10.1 Å². The summed E-state index contributed by atoms with van der Waals surface area (Å²) in [5.41, 5.74) is 0.691. The minimum atomic E-state index is -0.842. The van der Waals surface area contributed by atoms with E-state index in [1.54, 1.807) is 12.1 Å². The quantitative estimate of drug-likeness (QED) is 0.241. The minimum absolute atomic E-state index is 0.0460. The van der Waals surface area contributed by atoms with Crippen LogP contribution in [0.2, 0.25) is 0 Å². The van der Waals surface area contributed by atoms with E-state index < -0.39 is 23.3 Å². The number of ketones is 1. The number of Topliss-reactive ketones (excluding diaryl/α,β-unsaturated/α-hetero) is 1. The lowest BCUT2D eigenvalue weighted by atomic mass is 10.1. The standard InChI is InChI=1S/C20H16N2O8/c1-12(23)21-15-5-2-13(3-6-15)17(24)10-28-20(25)7-4-14-8-18-19(30-11-29-18)9-16(14)22(26)27/h2-9H,10-11H2,1H3,(H,21,23)/b7-4+. The summed E-state index contributed by atoms with van der Waals surface area (Å²) in [6.07, 6.45) is 2.19. The minimum Gasteiger partial charge on any atom is -0.454 e. The Labute approximate surface area is 170 Å². The van der Waals surface area contributed by atoms with Crippen molar-refractivity contribution in [2.45, 2.75) is 6.92 Å². The van der Waals surface area contributed by atoms with E-state index in [0.29, 0.717) is 17.0 Å². The monoisotopic (exact) mass is 412 g/mol. The first-order valence-electron chi connectivity index (χ1n) is 8.67. The normalized spacial score (nSPS) is 11.9. The molecule has 10 nitrogen and oxygen atoms in total. The van der Waals surface area contributed by atoms with Crippen molar-refractivity contribution in [1.29, 1.82) is 0 Å². The van der Waals surface area contributed by atoms with E-state index in [9.17, 15) is 24.5 Å². The lowest BCUT2D eigenvalue weighted by Crippen LogP contribution is -2.13. The van der Waals surface area contributed by atoms with Crippen LogP contribution in [-0.4, -0.2) is 36.0 Å². The molecule has 154 valence electrons. The second-order valence-corrected chi connectivity index (χ2v) is 6.14. The largest absolute Gasteiger partial charge is 0.454 e. The molecule has 3 rings (SSSR count). The number of nitrogens with zero attached hydrogens (tertiary/aromatic N) is 1. The first kappa shape index (κ1) is 20.5. The Hall–Kier alpha value is -4.21. The number of amides is 1. The molecule has 2 aromatic rings. The summed E-state index contributed by atoms with van der Waals surface area (Å²) in [7, 11) is 0. The van der Waals surface area contributed by atoms with Crippen LogP contribution in [-0.2, 0) is 14.3 Å². The fraction of sp³-hybridized carbons (Fsp3) is 0.150. The molecule has 0 unspecified atom stereocenters. The predicted octanol–water partition coefficient (Wildman–Crippen LogP) is 2.72. The molecular formula is C20H16N2O8. The molecule has 1 aliphatic rings. The molecule has 0 bridgehead atoms. The molecule has 0 saturated heterocycles. The van der Waals surface area contributed by atoms with Crippen molar-refractivity contribution in [3.8, 4) is 11.5 Å². The van der Waals surface area contributed by atoms with Gasteiger partial charge in [-0.3, -0.25) is 19.7 Å². The van der Waals surface area contributed by atoms with Crippen molar-refractivity contribution in [2.75, 3.05) is 18.7 Å². The van der Waals surface area contributed by atoms with Gasteiger partial charge in [-0.15, -0.1) is 0 Å². The number of fused-ring (bicyclic) bond motifs is 1. The van der Waals surface area contributed by atoms with Crippen molar-refractivity contribution in [3.05, 3.63) is 63.7 Å². The van der Waals surface area contributed by atoms with Crippen LogP contribution in [0.25, 0.3) is 6.08 Å². The van der Waals surface area contributed by atoms with Gasteiger partial charge in [-0.25, -0.2) is 4.79 Å². The molecule has 10 heteroatoms. The van der Waals surface area contributed by atoms with Crippen molar-refractivity contribution >= 4 is 35.1 Å². The SMILES string of the molecule is CC(=O)Nc1ccc(C(=O)COC(=O)/C=C/c2cc3c(cc2[N+](=O)[O-])OCO3)cc1. The maximum absolute atomic E-state index is 12.1. The number of carbonyl (C=O) groups is 3. The Morgan fingerprint density at radius 3 is 2.47 bits per heavy atom. The first-order valence-corrected chi connectivity index (χ1v) is 8.67. The van der Waals surface area contributed by atoms with Gasteiger partial charge in [0.15, 0.2) is 23.9 Å². The third-order valence-corrected chi connectivity index (χ3v) is 3.99. The Morgan fingerprint density at radius 2 is 1.83 bits per heavy atom. The number of nitro benzene ring substituents is 1. The van der Waals surface area contributed by atoms with E-state index in [0.717, 1.165) is 6.08 Å². The molecule has 0 aromatic heterocycles. The number of hydrogen-bond donors (Lipinski definition) is 1. The van der Waals surface area contributed by atoms with Crippen LogP contribution in [0.5, 0.6) is 11.5 Å². The molecule has 0 spiro atoms. The third kappa shape index (κ3) is 4.98. The molecule has 1 amide bonds. The number of esters is 1. The van der Waals surface area contributed by atoms with Gasteiger partial charge in [0.25, 0.3) is 5.69 Å². The second-order valence-electron chi connectivity index (χ2n) is 6.14.